The highest BCUT2D eigenvalue weighted by atomic mass is 32.2. The van der Waals surface area contributed by atoms with E-state index in [2.05, 4.69) is 22.8 Å². The first-order valence-corrected chi connectivity index (χ1v) is 9.00. The van der Waals surface area contributed by atoms with Gasteiger partial charge in [-0.2, -0.15) is 0 Å². The quantitative estimate of drug-likeness (QED) is 0.889. The Morgan fingerprint density at radius 2 is 1.76 bits per heavy atom. The SMILES string of the molecule is O=C(Nc1ccc(SC2CCCC2)cc1)[C@H]1CCCCN1. The number of carbonyl (C=O) groups is 1. The van der Waals surface area contributed by atoms with Crippen molar-refractivity contribution in [1.29, 1.82) is 0 Å². The summed E-state index contributed by atoms with van der Waals surface area (Å²) >= 11 is 1.98. The number of nitrogens with one attached hydrogen (secondary N) is 2. The normalized spacial score (nSPS) is 23.1. The summed E-state index contributed by atoms with van der Waals surface area (Å²) in [6.45, 7) is 0.953. The van der Waals surface area contributed by atoms with Crippen LogP contribution in [0.2, 0.25) is 0 Å². The average Bonchev–Trinajstić information content (AvgIpc) is 3.03. The van der Waals surface area contributed by atoms with Crippen LogP contribution in [0.3, 0.4) is 0 Å². The van der Waals surface area contributed by atoms with Gasteiger partial charge in [-0.25, -0.2) is 0 Å². The van der Waals surface area contributed by atoms with Gasteiger partial charge >= 0.3 is 0 Å². The smallest absolute Gasteiger partial charge is 0.241 e. The van der Waals surface area contributed by atoms with Crippen LogP contribution < -0.4 is 10.6 Å². The van der Waals surface area contributed by atoms with E-state index in [9.17, 15) is 4.79 Å². The molecule has 1 aliphatic heterocycles. The standard InChI is InChI=1S/C17H24N2OS/c20-17(16-7-3-4-12-18-16)19-13-8-10-15(11-9-13)21-14-5-1-2-6-14/h8-11,14,16,18H,1-7,12H2,(H,19,20)/t16-/m1/s1. The van der Waals surface area contributed by atoms with Gasteiger partial charge < -0.3 is 10.6 Å². The molecule has 2 aliphatic rings. The van der Waals surface area contributed by atoms with Crippen LogP contribution in [-0.2, 0) is 4.79 Å². The van der Waals surface area contributed by atoms with E-state index in [1.54, 1.807) is 0 Å². The summed E-state index contributed by atoms with van der Waals surface area (Å²) in [5.74, 6) is 0.103. The molecule has 3 rings (SSSR count). The average molecular weight is 304 g/mol. The monoisotopic (exact) mass is 304 g/mol. The van der Waals surface area contributed by atoms with Crippen LogP contribution >= 0.6 is 11.8 Å². The molecule has 0 spiro atoms. The van der Waals surface area contributed by atoms with Gasteiger partial charge in [-0.15, -0.1) is 11.8 Å². The van der Waals surface area contributed by atoms with E-state index < -0.39 is 0 Å². The van der Waals surface area contributed by atoms with Gasteiger partial charge in [-0.1, -0.05) is 19.3 Å². The van der Waals surface area contributed by atoms with Crippen molar-refractivity contribution in [3.05, 3.63) is 24.3 Å². The molecule has 1 aromatic carbocycles. The predicted octanol–water partition coefficient (Wildman–Crippen LogP) is 3.80. The largest absolute Gasteiger partial charge is 0.325 e. The van der Waals surface area contributed by atoms with Gasteiger partial charge in [0.15, 0.2) is 0 Å². The van der Waals surface area contributed by atoms with Crippen LogP contribution in [-0.4, -0.2) is 23.7 Å². The second kappa shape index (κ2) is 7.32. The Morgan fingerprint density at radius 3 is 2.43 bits per heavy atom. The minimum atomic E-state index is -0.0220. The molecule has 1 aromatic rings. The first-order valence-electron chi connectivity index (χ1n) is 8.12. The van der Waals surface area contributed by atoms with E-state index in [4.69, 9.17) is 0 Å². The summed E-state index contributed by atoms with van der Waals surface area (Å²) < 4.78 is 0. The summed E-state index contributed by atoms with van der Waals surface area (Å²) in [5.41, 5.74) is 0.906. The molecule has 2 N–H and O–H groups in total. The highest BCUT2D eigenvalue weighted by molar-refractivity contribution is 8.00. The van der Waals surface area contributed by atoms with Gasteiger partial charge in [0.2, 0.25) is 5.91 Å². The maximum atomic E-state index is 12.2. The van der Waals surface area contributed by atoms with Gasteiger partial charge in [-0.05, 0) is 56.5 Å². The molecule has 0 bridgehead atoms. The third-order valence-corrected chi connectivity index (χ3v) is 5.70. The molecule has 1 aliphatic carbocycles. The molecule has 4 heteroatoms. The number of carbonyl (C=O) groups excluding carboxylic acids is 1. The zero-order chi connectivity index (χ0) is 14.5. The summed E-state index contributed by atoms with van der Waals surface area (Å²) in [5, 5.41) is 7.09. The fraction of sp³-hybridized carbons (Fsp3) is 0.588. The van der Waals surface area contributed by atoms with E-state index in [-0.39, 0.29) is 11.9 Å². The number of amides is 1. The van der Waals surface area contributed by atoms with E-state index in [0.29, 0.717) is 0 Å². The van der Waals surface area contributed by atoms with Gasteiger partial charge in [0, 0.05) is 15.8 Å². The molecule has 0 radical (unpaired) electrons. The Balaban J connectivity index is 1.52. The van der Waals surface area contributed by atoms with Gasteiger partial charge in [-0.3, -0.25) is 4.79 Å². The topological polar surface area (TPSA) is 41.1 Å². The van der Waals surface area contributed by atoms with Crippen molar-refractivity contribution in [3.8, 4) is 0 Å². The second-order valence-corrected chi connectivity index (χ2v) is 7.41. The number of benzene rings is 1. The third-order valence-electron chi connectivity index (χ3n) is 4.35. The number of hydrogen-bond acceptors (Lipinski definition) is 3. The van der Waals surface area contributed by atoms with Crippen LogP contribution in [0, 0.1) is 0 Å². The van der Waals surface area contributed by atoms with Crippen LogP contribution in [0.5, 0.6) is 0 Å². The zero-order valence-corrected chi connectivity index (χ0v) is 13.3. The molecule has 3 nitrogen and oxygen atoms in total. The van der Waals surface area contributed by atoms with E-state index in [1.807, 2.05) is 23.9 Å². The molecule has 114 valence electrons. The maximum absolute atomic E-state index is 12.2. The third kappa shape index (κ3) is 4.24. The fourth-order valence-electron chi connectivity index (χ4n) is 3.12. The lowest BCUT2D eigenvalue weighted by atomic mass is 10.0. The number of piperidine rings is 1. The number of rotatable bonds is 4. The number of hydrogen-bond donors (Lipinski definition) is 2. The van der Waals surface area contributed by atoms with Gasteiger partial charge in [0.1, 0.15) is 0 Å². The van der Waals surface area contributed by atoms with Crippen LogP contribution in [0.4, 0.5) is 5.69 Å². The Kier molecular flexibility index (Phi) is 5.20. The highest BCUT2D eigenvalue weighted by Gasteiger charge is 2.20. The van der Waals surface area contributed by atoms with Crippen molar-refractivity contribution in [2.45, 2.75) is 61.1 Å². The first kappa shape index (κ1) is 14.9. The van der Waals surface area contributed by atoms with Crippen LogP contribution in [0.1, 0.15) is 44.9 Å². The number of anilines is 1. The first-order chi connectivity index (χ1) is 10.3. The lowest BCUT2D eigenvalue weighted by Gasteiger charge is -2.22. The van der Waals surface area contributed by atoms with Crippen molar-refractivity contribution in [3.63, 3.8) is 0 Å². The van der Waals surface area contributed by atoms with Gasteiger partial charge in [0.05, 0.1) is 6.04 Å². The van der Waals surface area contributed by atoms with Crippen LogP contribution in [0.15, 0.2) is 29.2 Å². The van der Waals surface area contributed by atoms with Crippen molar-refractivity contribution >= 4 is 23.4 Å². The molecular formula is C17H24N2OS. The van der Waals surface area contributed by atoms with E-state index in [0.717, 1.165) is 30.3 Å². The number of thioether (sulfide) groups is 1. The minimum Gasteiger partial charge on any atom is -0.325 e. The Labute approximate surface area is 131 Å². The molecular weight excluding hydrogens is 280 g/mol. The van der Waals surface area contributed by atoms with Crippen molar-refractivity contribution in [2.24, 2.45) is 0 Å². The van der Waals surface area contributed by atoms with E-state index in [1.165, 1.54) is 37.0 Å². The molecule has 1 amide bonds. The van der Waals surface area contributed by atoms with Crippen molar-refractivity contribution < 1.29 is 4.79 Å². The molecule has 1 atom stereocenters. The Bertz CT molecular complexity index is 462. The molecule has 21 heavy (non-hydrogen) atoms. The summed E-state index contributed by atoms with van der Waals surface area (Å²) in [6.07, 6.45) is 8.70. The predicted molar refractivity (Wildman–Crippen MR) is 88.8 cm³/mol. The fourth-order valence-corrected chi connectivity index (χ4v) is 4.37. The molecule has 1 saturated heterocycles. The molecule has 0 unspecified atom stereocenters. The highest BCUT2D eigenvalue weighted by Crippen LogP contribution is 2.34. The second-order valence-electron chi connectivity index (χ2n) is 6.04. The van der Waals surface area contributed by atoms with Crippen LogP contribution in [0.25, 0.3) is 0 Å². The Hall–Kier alpha value is -1.00. The summed E-state index contributed by atoms with van der Waals surface area (Å²) in [4.78, 5) is 13.5. The van der Waals surface area contributed by atoms with Crippen molar-refractivity contribution in [1.82, 2.24) is 5.32 Å². The van der Waals surface area contributed by atoms with Crippen molar-refractivity contribution in [2.75, 3.05) is 11.9 Å². The summed E-state index contributed by atoms with van der Waals surface area (Å²) in [6, 6.07) is 8.29. The molecule has 0 aromatic heterocycles. The zero-order valence-electron chi connectivity index (χ0n) is 12.4. The summed E-state index contributed by atoms with van der Waals surface area (Å²) in [7, 11) is 0. The van der Waals surface area contributed by atoms with Gasteiger partial charge in [0.25, 0.3) is 0 Å². The maximum Gasteiger partial charge on any atom is 0.241 e. The Morgan fingerprint density at radius 1 is 1.05 bits per heavy atom. The lowest BCUT2D eigenvalue weighted by molar-refractivity contribution is -0.118. The van der Waals surface area contributed by atoms with E-state index >= 15 is 0 Å². The lowest BCUT2D eigenvalue weighted by Crippen LogP contribution is -2.43. The molecule has 2 fully saturated rings. The molecule has 1 heterocycles. The molecule has 1 saturated carbocycles. The minimum absolute atomic E-state index is 0.0220.